The topological polar surface area (TPSA) is 23.5 Å². The summed E-state index contributed by atoms with van der Waals surface area (Å²) in [5.41, 5.74) is 2.68. The number of nitrogens with zero attached hydrogens (tertiary/aromatic N) is 1. The van der Waals surface area contributed by atoms with Crippen LogP contribution < -0.4 is 0 Å². The van der Waals surface area contributed by atoms with Crippen molar-refractivity contribution in [3.63, 3.8) is 0 Å². The number of hydrogen-bond acceptors (Lipinski definition) is 2. The summed E-state index contributed by atoms with van der Waals surface area (Å²) >= 11 is 0. The Morgan fingerprint density at radius 2 is 1.91 bits per heavy atom. The first-order valence-electron chi connectivity index (χ1n) is 9.38. The maximum Gasteiger partial charge on any atom is 0.119 e. The molecule has 2 heteroatoms. The molecule has 4 rings (SSSR count). The van der Waals surface area contributed by atoms with Crippen molar-refractivity contribution in [2.45, 2.75) is 69.7 Å². The molecule has 0 bridgehead atoms. The van der Waals surface area contributed by atoms with Gasteiger partial charge in [-0.15, -0.1) is 0 Å². The van der Waals surface area contributed by atoms with Gasteiger partial charge in [-0.3, -0.25) is 4.90 Å². The molecule has 1 aromatic rings. The van der Waals surface area contributed by atoms with E-state index in [9.17, 15) is 5.11 Å². The largest absolute Gasteiger partial charge is 0.508 e. The molecule has 1 heterocycles. The zero-order chi connectivity index (χ0) is 14.9. The third-order valence-corrected chi connectivity index (χ3v) is 6.49. The summed E-state index contributed by atoms with van der Waals surface area (Å²) in [6.07, 6.45) is 12.3. The Labute approximate surface area is 134 Å². The Kier molecular flexibility index (Phi) is 4.13. The van der Waals surface area contributed by atoms with Crippen LogP contribution in [0.25, 0.3) is 0 Å². The summed E-state index contributed by atoms with van der Waals surface area (Å²) in [5.74, 6) is 2.19. The van der Waals surface area contributed by atoms with Crippen LogP contribution in [0.1, 0.15) is 68.4 Å². The highest BCUT2D eigenvalue weighted by Crippen LogP contribution is 2.44. The fourth-order valence-electron chi connectivity index (χ4n) is 5.27. The van der Waals surface area contributed by atoms with Crippen LogP contribution in [0.15, 0.2) is 18.2 Å². The maximum atomic E-state index is 10.1. The molecule has 3 aliphatic rings. The van der Waals surface area contributed by atoms with Gasteiger partial charge in [-0.25, -0.2) is 0 Å². The minimum absolute atomic E-state index is 0.525. The average molecular weight is 299 g/mol. The molecule has 0 spiro atoms. The number of phenolic OH excluding ortho intramolecular Hbond substituents is 1. The van der Waals surface area contributed by atoms with Gasteiger partial charge in [0, 0.05) is 12.0 Å². The SMILES string of the molecule is Oc1cccc2c1CC[C@H]1[C@@H]2CCN1CCC1CCCCC1. The van der Waals surface area contributed by atoms with Crippen molar-refractivity contribution in [3.8, 4) is 5.75 Å². The Bertz CT molecular complexity index is 520. The van der Waals surface area contributed by atoms with Crippen LogP contribution in [0.2, 0.25) is 0 Å². The minimum atomic E-state index is 0.525. The van der Waals surface area contributed by atoms with Gasteiger partial charge >= 0.3 is 0 Å². The van der Waals surface area contributed by atoms with Crippen LogP contribution in [0.3, 0.4) is 0 Å². The fraction of sp³-hybridized carbons (Fsp3) is 0.700. The van der Waals surface area contributed by atoms with Gasteiger partial charge in [0.1, 0.15) is 5.75 Å². The molecule has 1 saturated heterocycles. The molecule has 0 amide bonds. The maximum absolute atomic E-state index is 10.1. The van der Waals surface area contributed by atoms with Crippen molar-refractivity contribution in [3.05, 3.63) is 29.3 Å². The molecule has 120 valence electrons. The van der Waals surface area contributed by atoms with Crippen LogP contribution in [0.5, 0.6) is 5.75 Å². The summed E-state index contributed by atoms with van der Waals surface area (Å²) in [6.45, 7) is 2.57. The molecule has 2 fully saturated rings. The number of phenols is 1. The monoisotopic (exact) mass is 299 g/mol. The second-order valence-corrected chi connectivity index (χ2v) is 7.67. The average Bonchev–Trinajstić information content (AvgIpc) is 2.98. The van der Waals surface area contributed by atoms with Gasteiger partial charge in [-0.1, -0.05) is 44.2 Å². The first kappa shape index (κ1) is 14.6. The van der Waals surface area contributed by atoms with Gasteiger partial charge < -0.3 is 5.11 Å². The zero-order valence-corrected chi connectivity index (χ0v) is 13.6. The van der Waals surface area contributed by atoms with E-state index < -0.39 is 0 Å². The zero-order valence-electron chi connectivity index (χ0n) is 13.6. The predicted octanol–water partition coefficient (Wildman–Crippen LogP) is 4.47. The second-order valence-electron chi connectivity index (χ2n) is 7.67. The third kappa shape index (κ3) is 2.67. The molecule has 0 radical (unpaired) electrons. The summed E-state index contributed by atoms with van der Waals surface area (Å²) in [4.78, 5) is 2.77. The lowest BCUT2D eigenvalue weighted by molar-refractivity contribution is 0.199. The van der Waals surface area contributed by atoms with Crippen LogP contribution in [0, 0.1) is 5.92 Å². The highest BCUT2D eigenvalue weighted by atomic mass is 16.3. The summed E-state index contributed by atoms with van der Waals surface area (Å²) in [7, 11) is 0. The van der Waals surface area contributed by atoms with E-state index in [0.717, 1.165) is 18.4 Å². The van der Waals surface area contributed by atoms with Gasteiger partial charge in [0.15, 0.2) is 0 Å². The summed E-state index contributed by atoms with van der Waals surface area (Å²) in [5, 5.41) is 10.1. The second kappa shape index (κ2) is 6.23. The molecule has 0 unspecified atom stereocenters. The molecular formula is C20H29NO. The Hall–Kier alpha value is -1.02. The van der Waals surface area contributed by atoms with E-state index in [-0.39, 0.29) is 0 Å². The smallest absolute Gasteiger partial charge is 0.119 e. The number of likely N-dealkylation sites (tertiary alicyclic amines) is 1. The number of aromatic hydroxyl groups is 1. The van der Waals surface area contributed by atoms with Crippen molar-refractivity contribution in [2.75, 3.05) is 13.1 Å². The Morgan fingerprint density at radius 3 is 2.77 bits per heavy atom. The number of fused-ring (bicyclic) bond motifs is 3. The first-order valence-corrected chi connectivity index (χ1v) is 9.38. The van der Waals surface area contributed by atoms with Crippen LogP contribution in [-0.4, -0.2) is 29.1 Å². The molecule has 1 aromatic carbocycles. The van der Waals surface area contributed by atoms with E-state index in [2.05, 4.69) is 11.0 Å². The number of benzene rings is 1. The molecule has 2 nitrogen and oxygen atoms in total. The Morgan fingerprint density at radius 1 is 1.05 bits per heavy atom. The minimum Gasteiger partial charge on any atom is -0.508 e. The van der Waals surface area contributed by atoms with E-state index in [1.54, 1.807) is 0 Å². The van der Waals surface area contributed by atoms with E-state index in [1.165, 1.54) is 75.6 Å². The lowest BCUT2D eigenvalue weighted by atomic mass is 9.79. The molecule has 2 atom stereocenters. The molecule has 1 aliphatic heterocycles. The van der Waals surface area contributed by atoms with E-state index in [4.69, 9.17) is 0 Å². The van der Waals surface area contributed by atoms with Crippen molar-refractivity contribution in [2.24, 2.45) is 5.92 Å². The van der Waals surface area contributed by atoms with Crippen LogP contribution in [-0.2, 0) is 6.42 Å². The Balaban J connectivity index is 1.42. The van der Waals surface area contributed by atoms with E-state index in [0.29, 0.717) is 11.7 Å². The van der Waals surface area contributed by atoms with Crippen molar-refractivity contribution in [1.82, 2.24) is 4.90 Å². The summed E-state index contributed by atoms with van der Waals surface area (Å²) in [6, 6.07) is 6.88. The lowest BCUT2D eigenvalue weighted by Crippen LogP contribution is -2.36. The van der Waals surface area contributed by atoms with Crippen LogP contribution >= 0.6 is 0 Å². The van der Waals surface area contributed by atoms with Gasteiger partial charge in [-0.2, -0.15) is 0 Å². The molecule has 2 aliphatic carbocycles. The standard InChI is InChI=1S/C20H29NO/c22-20-8-4-7-16-17-12-14-21(19(17)10-9-18(16)20)13-11-15-5-2-1-3-6-15/h4,7-8,15,17,19,22H,1-3,5-6,9-14H2/t17-,19+/m1/s1. The quantitative estimate of drug-likeness (QED) is 0.890. The first-order chi connectivity index (χ1) is 10.8. The van der Waals surface area contributed by atoms with Crippen molar-refractivity contribution in [1.29, 1.82) is 0 Å². The number of hydrogen-bond donors (Lipinski definition) is 1. The lowest BCUT2D eigenvalue weighted by Gasteiger charge is -2.34. The predicted molar refractivity (Wildman–Crippen MR) is 90.3 cm³/mol. The normalized spacial score (nSPS) is 29.3. The van der Waals surface area contributed by atoms with Gasteiger partial charge in [-0.05, 0) is 61.9 Å². The van der Waals surface area contributed by atoms with Gasteiger partial charge in [0.25, 0.3) is 0 Å². The molecular weight excluding hydrogens is 270 g/mol. The van der Waals surface area contributed by atoms with Crippen molar-refractivity contribution < 1.29 is 5.11 Å². The highest BCUT2D eigenvalue weighted by molar-refractivity contribution is 5.44. The molecule has 1 saturated carbocycles. The third-order valence-electron chi connectivity index (χ3n) is 6.49. The van der Waals surface area contributed by atoms with Crippen molar-refractivity contribution >= 4 is 0 Å². The van der Waals surface area contributed by atoms with Gasteiger partial charge in [0.05, 0.1) is 0 Å². The molecule has 0 aromatic heterocycles. The fourth-order valence-corrected chi connectivity index (χ4v) is 5.27. The summed E-state index contributed by atoms with van der Waals surface area (Å²) < 4.78 is 0. The highest BCUT2D eigenvalue weighted by Gasteiger charge is 2.39. The van der Waals surface area contributed by atoms with Gasteiger partial charge in [0.2, 0.25) is 0 Å². The van der Waals surface area contributed by atoms with Crippen LogP contribution in [0.4, 0.5) is 0 Å². The van der Waals surface area contributed by atoms with E-state index >= 15 is 0 Å². The van der Waals surface area contributed by atoms with E-state index in [1.807, 2.05) is 12.1 Å². The molecule has 22 heavy (non-hydrogen) atoms. The molecule has 1 N–H and O–H groups in total. The number of rotatable bonds is 3.